The van der Waals surface area contributed by atoms with Crippen LogP contribution in [0.4, 0.5) is 23.7 Å². The summed E-state index contributed by atoms with van der Waals surface area (Å²) in [5.41, 5.74) is 3.19. The molecule has 3 aromatic rings. The van der Waals surface area contributed by atoms with Crippen molar-refractivity contribution >= 4 is 40.9 Å². The first kappa shape index (κ1) is 33.2. The Kier molecular flexibility index (Phi) is 13.0. The number of hydrogen-bond donors (Lipinski definition) is 2. The highest BCUT2D eigenvalue weighted by molar-refractivity contribution is 6.42. The Hall–Kier alpha value is -3.27. The first-order chi connectivity index (χ1) is 20.0. The monoisotopic (exact) mass is 623 g/mol. The SMILES string of the molecule is O=C(Nc1ccc(Cl)c(Cl)c1)N(CCCN1CCC(Cc2ccccc2)CC1)Cc1ccccc1.O=C(O)C(F)(F)F. The van der Waals surface area contributed by atoms with Crippen molar-refractivity contribution in [2.45, 2.75) is 38.4 Å². The van der Waals surface area contributed by atoms with E-state index in [1.807, 2.05) is 23.1 Å². The number of carboxylic acids is 1. The molecule has 2 amide bonds. The van der Waals surface area contributed by atoms with Crippen LogP contribution in [0.25, 0.3) is 0 Å². The number of halogens is 5. The van der Waals surface area contributed by atoms with E-state index >= 15 is 0 Å². The number of rotatable bonds is 9. The predicted octanol–water partition coefficient (Wildman–Crippen LogP) is 8.01. The van der Waals surface area contributed by atoms with Crippen molar-refractivity contribution in [2.24, 2.45) is 5.92 Å². The number of carbonyl (C=O) groups is 2. The number of nitrogens with zero attached hydrogens (tertiary/aromatic N) is 2. The number of likely N-dealkylation sites (tertiary alicyclic amines) is 1. The zero-order valence-corrected chi connectivity index (χ0v) is 24.5. The van der Waals surface area contributed by atoms with Crippen molar-refractivity contribution in [3.8, 4) is 0 Å². The summed E-state index contributed by atoms with van der Waals surface area (Å²) in [6.07, 6.45) is -0.500. The number of benzene rings is 3. The van der Waals surface area contributed by atoms with Crippen molar-refractivity contribution in [3.05, 3.63) is 100 Å². The van der Waals surface area contributed by atoms with Gasteiger partial charge in [-0.1, -0.05) is 83.9 Å². The van der Waals surface area contributed by atoms with Crippen LogP contribution in [0.3, 0.4) is 0 Å². The minimum absolute atomic E-state index is 0.131. The molecule has 1 aliphatic heterocycles. The van der Waals surface area contributed by atoms with E-state index in [0.29, 0.717) is 28.8 Å². The number of alkyl halides is 3. The number of carbonyl (C=O) groups excluding carboxylic acids is 1. The molecule has 3 aromatic carbocycles. The van der Waals surface area contributed by atoms with Gasteiger partial charge in [-0.15, -0.1) is 0 Å². The molecule has 0 bridgehead atoms. The predicted molar refractivity (Wildman–Crippen MR) is 160 cm³/mol. The van der Waals surface area contributed by atoms with E-state index in [0.717, 1.165) is 37.5 Å². The molecule has 42 heavy (non-hydrogen) atoms. The number of aliphatic carboxylic acids is 1. The molecule has 0 spiro atoms. The second-order valence-corrected chi connectivity index (χ2v) is 10.9. The van der Waals surface area contributed by atoms with Crippen LogP contribution in [-0.4, -0.2) is 59.3 Å². The molecule has 0 atom stereocenters. The minimum Gasteiger partial charge on any atom is -0.475 e. The second-order valence-electron chi connectivity index (χ2n) is 10.1. The molecule has 1 heterocycles. The molecule has 1 saturated heterocycles. The van der Waals surface area contributed by atoms with Crippen LogP contribution >= 0.6 is 23.2 Å². The van der Waals surface area contributed by atoms with Gasteiger partial charge in [-0.3, -0.25) is 0 Å². The maximum atomic E-state index is 13.1. The fourth-order valence-corrected chi connectivity index (χ4v) is 4.98. The van der Waals surface area contributed by atoms with E-state index in [4.69, 9.17) is 33.1 Å². The van der Waals surface area contributed by atoms with Crippen LogP contribution in [0.15, 0.2) is 78.9 Å². The fraction of sp³-hybridized carbons (Fsp3) is 0.355. The number of nitrogens with one attached hydrogen (secondary N) is 1. The van der Waals surface area contributed by atoms with Crippen LogP contribution in [0.5, 0.6) is 0 Å². The summed E-state index contributed by atoms with van der Waals surface area (Å²) in [7, 11) is 0. The molecule has 0 radical (unpaired) electrons. The second kappa shape index (κ2) is 16.4. The Balaban J connectivity index is 0.000000616. The highest BCUT2D eigenvalue weighted by atomic mass is 35.5. The first-order valence-electron chi connectivity index (χ1n) is 13.6. The molecular formula is C31H34Cl2F3N3O3. The highest BCUT2D eigenvalue weighted by Gasteiger charge is 2.38. The number of piperidine rings is 1. The molecule has 0 aliphatic carbocycles. The van der Waals surface area contributed by atoms with Gasteiger partial charge in [-0.2, -0.15) is 13.2 Å². The largest absolute Gasteiger partial charge is 0.490 e. The van der Waals surface area contributed by atoms with Crippen molar-refractivity contribution in [3.63, 3.8) is 0 Å². The first-order valence-corrected chi connectivity index (χ1v) is 14.4. The van der Waals surface area contributed by atoms with Crippen LogP contribution < -0.4 is 5.32 Å². The average molecular weight is 625 g/mol. The molecule has 1 aliphatic rings. The summed E-state index contributed by atoms with van der Waals surface area (Å²) in [6.45, 7) is 4.51. The number of carboxylic acid groups (broad SMARTS) is 1. The standard InChI is InChI=1S/C29H33Cl2N3O.C2HF3O2/c30-27-13-12-26(21-28(27)31)32-29(35)34(22-25-10-5-2-6-11-25)17-7-16-33-18-14-24(15-19-33)20-23-8-3-1-4-9-23;3-2(4,5)1(6)7/h1-6,8-13,21,24H,7,14-20,22H2,(H,32,35);(H,6,7). The molecule has 2 N–H and O–H groups in total. The average Bonchev–Trinajstić information content (AvgIpc) is 2.96. The third-order valence-electron chi connectivity index (χ3n) is 6.89. The summed E-state index contributed by atoms with van der Waals surface area (Å²) in [5.74, 6) is -1.99. The van der Waals surface area contributed by atoms with Crippen LogP contribution in [-0.2, 0) is 17.8 Å². The molecule has 0 saturated carbocycles. The summed E-state index contributed by atoms with van der Waals surface area (Å²) in [4.78, 5) is 26.4. The van der Waals surface area contributed by atoms with Gasteiger partial charge in [0, 0.05) is 18.8 Å². The third kappa shape index (κ3) is 11.5. The van der Waals surface area contributed by atoms with Crippen molar-refractivity contribution in [1.82, 2.24) is 9.80 Å². The van der Waals surface area contributed by atoms with Crippen molar-refractivity contribution in [2.75, 3.05) is 31.5 Å². The van der Waals surface area contributed by atoms with Gasteiger partial charge < -0.3 is 20.2 Å². The summed E-state index contributed by atoms with van der Waals surface area (Å²) >= 11 is 12.1. The molecular weight excluding hydrogens is 590 g/mol. The number of hydrogen-bond acceptors (Lipinski definition) is 3. The Morgan fingerprint density at radius 2 is 1.48 bits per heavy atom. The topological polar surface area (TPSA) is 72.9 Å². The Labute approximate surface area is 254 Å². The van der Waals surface area contributed by atoms with E-state index in [1.54, 1.807) is 18.2 Å². The Morgan fingerprint density at radius 3 is 2.02 bits per heavy atom. The quantitative estimate of drug-likeness (QED) is 0.253. The van der Waals surface area contributed by atoms with Crippen molar-refractivity contribution in [1.29, 1.82) is 0 Å². The van der Waals surface area contributed by atoms with Gasteiger partial charge in [-0.05, 0) is 80.6 Å². The summed E-state index contributed by atoms with van der Waals surface area (Å²) < 4.78 is 31.7. The van der Waals surface area contributed by atoms with Gasteiger partial charge in [0.2, 0.25) is 0 Å². The summed E-state index contributed by atoms with van der Waals surface area (Å²) in [5, 5.41) is 11.0. The Bertz CT molecular complexity index is 1270. The lowest BCUT2D eigenvalue weighted by Crippen LogP contribution is -2.39. The normalized spacial score (nSPS) is 14.0. The summed E-state index contributed by atoms with van der Waals surface area (Å²) in [6, 6.07) is 25.9. The molecule has 1 fully saturated rings. The highest BCUT2D eigenvalue weighted by Crippen LogP contribution is 2.25. The number of urea groups is 1. The van der Waals surface area contributed by atoms with E-state index in [2.05, 4.69) is 52.7 Å². The lowest BCUT2D eigenvalue weighted by Gasteiger charge is -2.32. The van der Waals surface area contributed by atoms with Crippen LogP contribution in [0.2, 0.25) is 10.0 Å². The minimum atomic E-state index is -5.08. The van der Waals surface area contributed by atoms with E-state index in [9.17, 15) is 18.0 Å². The lowest BCUT2D eigenvalue weighted by atomic mass is 9.90. The molecule has 0 unspecified atom stereocenters. The van der Waals surface area contributed by atoms with Crippen LogP contribution in [0.1, 0.15) is 30.4 Å². The van der Waals surface area contributed by atoms with E-state index in [1.165, 1.54) is 24.8 Å². The molecule has 4 rings (SSSR count). The maximum absolute atomic E-state index is 13.1. The Morgan fingerprint density at radius 1 is 0.905 bits per heavy atom. The maximum Gasteiger partial charge on any atom is 0.490 e. The van der Waals surface area contributed by atoms with E-state index in [-0.39, 0.29) is 6.03 Å². The smallest absolute Gasteiger partial charge is 0.475 e. The molecule has 226 valence electrons. The molecule has 11 heteroatoms. The number of anilines is 1. The third-order valence-corrected chi connectivity index (χ3v) is 7.63. The van der Waals surface area contributed by atoms with Gasteiger partial charge in [-0.25, -0.2) is 9.59 Å². The van der Waals surface area contributed by atoms with Gasteiger partial charge in [0.05, 0.1) is 10.0 Å². The van der Waals surface area contributed by atoms with Gasteiger partial charge in [0.15, 0.2) is 0 Å². The van der Waals surface area contributed by atoms with Gasteiger partial charge >= 0.3 is 18.2 Å². The lowest BCUT2D eigenvalue weighted by molar-refractivity contribution is -0.192. The zero-order valence-electron chi connectivity index (χ0n) is 23.0. The van der Waals surface area contributed by atoms with E-state index < -0.39 is 12.1 Å². The van der Waals surface area contributed by atoms with Crippen molar-refractivity contribution < 1.29 is 27.9 Å². The molecule has 0 aromatic heterocycles. The zero-order chi connectivity index (χ0) is 30.5. The van der Waals surface area contributed by atoms with Gasteiger partial charge in [0.25, 0.3) is 0 Å². The van der Waals surface area contributed by atoms with Crippen LogP contribution in [0, 0.1) is 5.92 Å². The molecule has 6 nitrogen and oxygen atoms in total. The fourth-order valence-electron chi connectivity index (χ4n) is 4.68. The number of amides is 2. The van der Waals surface area contributed by atoms with Gasteiger partial charge in [0.1, 0.15) is 0 Å².